The molecular formula is C21H25N3O. The van der Waals surface area contributed by atoms with E-state index in [0.29, 0.717) is 18.2 Å². The topological polar surface area (TPSA) is 50.5 Å². The quantitative estimate of drug-likeness (QED) is 0.912. The largest absolute Gasteiger partial charge is 0.387 e. The van der Waals surface area contributed by atoms with Gasteiger partial charge in [-0.05, 0) is 42.7 Å². The Balaban J connectivity index is 1.51. The molecule has 2 aromatic carbocycles. The summed E-state index contributed by atoms with van der Waals surface area (Å²) in [5.74, 6) is 0. The summed E-state index contributed by atoms with van der Waals surface area (Å²) < 4.78 is 0. The smallest absolute Gasteiger partial charge is 0.0991 e. The van der Waals surface area contributed by atoms with E-state index in [2.05, 4.69) is 47.2 Å². The lowest BCUT2D eigenvalue weighted by molar-refractivity contribution is 0.0973. The maximum Gasteiger partial charge on any atom is 0.0991 e. The lowest BCUT2D eigenvalue weighted by atomic mass is 10.0. The van der Waals surface area contributed by atoms with Crippen LogP contribution in [0.3, 0.4) is 0 Å². The molecule has 0 bridgehead atoms. The van der Waals surface area contributed by atoms with Crippen molar-refractivity contribution >= 4 is 5.69 Å². The second-order valence-corrected chi connectivity index (χ2v) is 6.73. The molecule has 130 valence electrons. The van der Waals surface area contributed by atoms with Crippen molar-refractivity contribution in [2.24, 2.45) is 0 Å². The zero-order valence-corrected chi connectivity index (χ0v) is 14.7. The van der Waals surface area contributed by atoms with Crippen LogP contribution in [0.15, 0.2) is 54.6 Å². The second kappa shape index (κ2) is 8.15. The zero-order valence-electron chi connectivity index (χ0n) is 14.7. The Bertz CT molecular complexity index is 700. The fourth-order valence-electron chi connectivity index (χ4n) is 3.49. The summed E-state index contributed by atoms with van der Waals surface area (Å²) in [5, 5.41) is 19.3. The highest BCUT2D eigenvalue weighted by molar-refractivity contribution is 5.46. The van der Waals surface area contributed by atoms with Crippen molar-refractivity contribution in [2.75, 3.05) is 31.6 Å². The van der Waals surface area contributed by atoms with Gasteiger partial charge in [0.2, 0.25) is 0 Å². The number of anilines is 1. The molecule has 0 spiro atoms. The van der Waals surface area contributed by atoms with E-state index in [4.69, 9.17) is 5.26 Å². The van der Waals surface area contributed by atoms with E-state index in [1.165, 1.54) is 5.69 Å². The number of nitriles is 1. The van der Waals surface area contributed by atoms with Gasteiger partial charge in [0.25, 0.3) is 0 Å². The van der Waals surface area contributed by atoms with Crippen LogP contribution in [-0.2, 0) is 0 Å². The van der Waals surface area contributed by atoms with E-state index in [1.807, 2.05) is 18.2 Å². The second-order valence-electron chi connectivity index (χ2n) is 6.73. The minimum absolute atomic E-state index is 0.504. The zero-order chi connectivity index (χ0) is 17.6. The van der Waals surface area contributed by atoms with Gasteiger partial charge in [0.1, 0.15) is 0 Å². The Hall–Kier alpha value is -2.35. The molecule has 1 fully saturated rings. The number of aliphatic hydroxyl groups is 1. The van der Waals surface area contributed by atoms with Gasteiger partial charge in [0, 0.05) is 38.4 Å². The molecule has 0 saturated carbocycles. The summed E-state index contributed by atoms with van der Waals surface area (Å²) in [5.41, 5.74) is 2.77. The number of aliphatic hydroxyl groups excluding tert-OH is 1. The highest BCUT2D eigenvalue weighted by atomic mass is 16.3. The molecule has 1 aliphatic rings. The van der Waals surface area contributed by atoms with Crippen molar-refractivity contribution in [1.82, 2.24) is 4.90 Å². The maximum atomic E-state index is 10.5. The van der Waals surface area contributed by atoms with Gasteiger partial charge in [0.15, 0.2) is 0 Å². The third-order valence-corrected chi connectivity index (χ3v) is 5.12. The molecule has 0 aromatic heterocycles. The van der Waals surface area contributed by atoms with E-state index in [9.17, 15) is 5.11 Å². The molecule has 1 aliphatic heterocycles. The SMILES string of the molecule is CN(c1ccccc1)C1CCN(CC(O)c2ccc(C#N)cc2)CC1. The molecule has 1 N–H and O–H groups in total. The van der Waals surface area contributed by atoms with E-state index >= 15 is 0 Å². The summed E-state index contributed by atoms with van der Waals surface area (Å²) in [4.78, 5) is 4.70. The number of benzene rings is 2. The van der Waals surface area contributed by atoms with E-state index < -0.39 is 6.10 Å². The van der Waals surface area contributed by atoms with Gasteiger partial charge < -0.3 is 14.9 Å². The lowest BCUT2D eigenvalue weighted by Gasteiger charge is -2.38. The Labute approximate surface area is 149 Å². The Morgan fingerprint density at radius 1 is 1.12 bits per heavy atom. The Morgan fingerprint density at radius 2 is 1.76 bits per heavy atom. The third-order valence-electron chi connectivity index (χ3n) is 5.12. The number of para-hydroxylation sites is 1. The highest BCUT2D eigenvalue weighted by Crippen LogP contribution is 2.23. The van der Waals surface area contributed by atoms with Crippen molar-refractivity contribution in [3.05, 3.63) is 65.7 Å². The fourth-order valence-corrected chi connectivity index (χ4v) is 3.49. The molecule has 1 heterocycles. The minimum Gasteiger partial charge on any atom is -0.387 e. The Kier molecular flexibility index (Phi) is 5.70. The molecule has 0 amide bonds. The van der Waals surface area contributed by atoms with Crippen LogP contribution in [0.2, 0.25) is 0 Å². The van der Waals surface area contributed by atoms with Crippen LogP contribution in [0.4, 0.5) is 5.69 Å². The minimum atomic E-state index is -0.504. The predicted molar refractivity (Wildman–Crippen MR) is 100 cm³/mol. The van der Waals surface area contributed by atoms with Crippen LogP contribution in [0.25, 0.3) is 0 Å². The average molecular weight is 335 g/mol. The first-order chi connectivity index (χ1) is 12.2. The number of piperidine rings is 1. The van der Waals surface area contributed by atoms with Crippen LogP contribution in [0.5, 0.6) is 0 Å². The number of likely N-dealkylation sites (tertiary alicyclic amines) is 1. The first-order valence-electron chi connectivity index (χ1n) is 8.85. The standard InChI is InChI=1S/C21H25N3O/c1-23(19-5-3-2-4-6-19)20-11-13-24(14-12-20)16-21(25)18-9-7-17(15-22)8-10-18/h2-10,20-21,25H,11-14,16H2,1H3. The summed E-state index contributed by atoms with van der Waals surface area (Å²) >= 11 is 0. The molecular weight excluding hydrogens is 310 g/mol. The summed E-state index contributed by atoms with van der Waals surface area (Å²) in [6.07, 6.45) is 1.70. The first-order valence-corrected chi connectivity index (χ1v) is 8.85. The van der Waals surface area contributed by atoms with Crippen molar-refractivity contribution in [3.8, 4) is 6.07 Å². The van der Waals surface area contributed by atoms with Gasteiger partial charge in [-0.1, -0.05) is 30.3 Å². The maximum absolute atomic E-state index is 10.5. The Morgan fingerprint density at radius 3 is 2.36 bits per heavy atom. The van der Waals surface area contributed by atoms with Gasteiger partial charge in [-0.25, -0.2) is 0 Å². The van der Waals surface area contributed by atoms with Crippen LogP contribution < -0.4 is 4.90 Å². The van der Waals surface area contributed by atoms with Gasteiger partial charge in [-0.3, -0.25) is 0 Å². The van der Waals surface area contributed by atoms with Crippen LogP contribution >= 0.6 is 0 Å². The number of nitrogens with zero attached hydrogens (tertiary/aromatic N) is 3. The summed E-state index contributed by atoms with van der Waals surface area (Å²) in [6, 6.07) is 20.4. The lowest BCUT2D eigenvalue weighted by Crippen LogP contribution is -2.44. The van der Waals surface area contributed by atoms with Crippen LogP contribution in [-0.4, -0.2) is 42.7 Å². The summed E-state index contributed by atoms with van der Waals surface area (Å²) in [6.45, 7) is 2.64. The molecule has 1 atom stereocenters. The van der Waals surface area contributed by atoms with E-state index in [-0.39, 0.29) is 0 Å². The molecule has 2 aromatic rings. The third kappa shape index (κ3) is 4.39. The molecule has 0 aliphatic carbocycles. The van der Waals surface area contributed by atoms with Crippen molar-refractivity contribution < 1.29 is 5.11 Å². The molecule has 1 unspecified atom stereocenters. The fraction of sp³-hybridized carbons (Fsp3) is 0.381. The van der Waals surface area contributed by atoms with Gasteiger partial charge in [-0.15, -0.1) is 0 Å². The predicted octanol–water partition coefficient (Wildman–Crippen LogP) is 3.19. The van der Waals surface area contributed by atoms with Crippen LogP contribution in [0, 0.1) is 11.3 Å². The molecule has 25 heavy (non-hydrogen) atoms. The van der Waals surface area contributed by atoms with Crippen LogP contribution in [0.1, 0.15) is 30.1 Å². The van der Waals surface area contributed by atoms with Gasteiger partial charge in [0.05, 0.1) is 17.7 Å². The van der Waals surface area contributed by atoms with E-state index in [0.717, 1.165) is 31.5 Å². The molecule has 4 heteroatoms. The van der Waals surface area contributed by atoms with Crippen molar-refractivity contribution in [2.45, 2.75) is 25.0 Å². The highest BCUT2D eigenvalue weighted by Gasteiger charge is 2.24. The average Bonchev–Trinajstić information content (AvgIpc) is 2.68. The molecule has 1 saturated heterocycles. The van der Waals surface area contributed by atoms with E-state index in [1.54, 1.807) is 12.1 Å². The molecule has 3 rings (SSSR count). The molecule has 0 radical (unpaired) electrons. The molecule has 4 nitrogen and oxygen atoms in total. The number of hydrogen-bond acceptors (Lipinski definition) is 4. The number of hydrogen-bond donors (Lipinski definition) is 1. The van der Waals surface area contributed by atoms with Gasteiger partial charge in [-0.2, -0.15) is 5.26 Å². The normalized spacial score (nSPS) is 17.0. The van der Waals surface area contributed by atoms with Crippen molar-refractivity contribution in [3.63, 3.8) is 0 Å². The van der Waals surface area contributed by atoms with Gasteiger partial charge >= 0.3 is 0 Å². The van der Waals surface area contributed by atoms with Crippen molar-refractivity contribution in [1.29, 1.82) is 5.26 Å². The first kappa shape index (κ1) is 17.5. The number of rotatable bonds is 5. The monoisotopic (exact) mass is 335 g/mol. The summed E-state index contributed by atoms with van der Waals surface area (Å²) in [7, 11) is 2.17. The number of β-amino-alcohol motifs (C(OH)–C–C–N with tert-alkyl or cyclic N) is 1.